The molecule has 0 aliphatic carbocycles. The van der Waals surface area contributed by atoms with Gasteiger partial charge >= 0.3 is 0 Å². The van der Waals surface area contributed by atoms with E-state index in [-0.39, 0.29) is 35.5 Å². The molecule has 4 rings (SSSR count). The molecule has 3 aliphatic rings. The lowest BCUT2D eigenvalue weighted by molar-refractivity contribution is -0.145. The zero-order chi connectivity index (χ0) is 28.3. The number of carbonyl (C=O) groups excluding carboxylic acids is 3. The Labute approximate surface area is 237 Å². The molecule has 3 amide bonds. The van der Waals surface area contributed by atoms with Gasteiger partial charge in [0.05, 0.1) is 29.2 Å². The number of benzene rings is 1. The monoisotopic (exact) mass is 553 g/mol. The minimum Gasteiger partial charge on any atom is -0.394 e. The van der Waals surface area contributed by atoms with Crippen molar-refractivity contribution in [3.05, 3.63) is 55.6 Å². The second-order valence-corrected chi connectivity index (χ2v) is 12.7. The highest BCUT2D eigenvalue weighted by Crippen LogP contribution is 2.69. The molecular weight excluding hydrogens is 510 g/mol. The summed E-state index contributed by atoms with van der Waals surface area (Å²) in [6.07, 6.45) is 7.14. The highest BCUT2D eigenvalue weighted by Gasteiger charge is 2.76. The van der Waals surface area contributed by atoms with E-state index in [1.54, 1.807) is 40.6 Å². The average molecular weight is 554 g/mol. The van der Waals surface area contributed by atoms with Crippen LogP contribution in [0, 0.1) is 17.8 Å². The Morgan fingerprint density at radius 2 is 1.87 bits per heavy atom. The molecular formula is C31H43N3O4S. The summed E-state index contributed by atoms with van der Waals surface area (Å²) in [5.74, 6) is -1.47. The lowest BCUT2D eigenvalue weighted by atomic mass is 9.65. The van der Waals surface area contributed by atoms with Crippen LogP contribution >= 0.6 is 11.8 Å². The SMILES string of the molecule is C=CCN(CCCCC)C(=O)C1N([C@H](C)CO)C(=O)[C@@H]2[C@H](C(=O)N(CC=C)c3ccccc3)[C@@H]3CC(C)C12S3. The predicted molar refractivity (Wildman–Crippen MR) is 157 cm³/mol. The first-order chi connectivity index (χ1) is 18.8. The van der Waals surface area contributed by atoms with Gasteiger partial charge in [-0.15, -0.1) is 24.9 Å². The molecule has 212 valence electrons. The third kappa shape index (κ3) is 4.95. The molecule has 3 fully saturated rings. The van der Waals surface area contributed by atoms with Crippen LogP contribution in [-0.4, -0.2) is 80.9 Å². The van der Waals surface area contributed by atoms with E-state index in [0.717, 1.165) is 31.4 Å². The molecule has 1 N–H and O–H groups in total. The van der Waals surface area contributed by atoms with E-state index in [0.29, 0.717) is 19.6 Å². The van der Waals surface area contributed by atoms with Gasteiger partial charge in [-0.1, -0.05) is 57.0 Å². The van der Waals surface area contributed by atoms with Crippen molar-refractivity contribution in [1.29, 1.82) is 0 Å². The topological polar surface area (TPSA) is 81.2 Å². The Kier molecular flexibility index (Phi) is 9.27. The zero-order valence-corrected chi connectivity index (χ0v) is 24.3. The van der Waals surface area contributed by atoms with Crippen molar-refractivity contribution in [3.63, 3.8) is 0 Å². The van der Waals surface area contributed by atoms with Crippen molar-refractivity contribution in [2.24, 2.45) is 17.8 Å². The maximum Gasteiger partial charge on any atom is 0.247 e. The summed E-state index contributed by atoms with van der Waals surface area (Å²) in [7, 11) is 0. The number of carbonyl (C=O) groups is 3. The third-order valence-corrected chi connectivity index (χ3v) is 10.9. The first kappa shape index (κ1) is 29.4. The first-order valence-corrected chi connectivity index (χ1v) is 15.1. The molecule has 39 heavy (non-hydrogen) atoms. The van der Waals surface area contributed by atoms with Crippen LogP contribution in [0.25, 0.3) is 0 Å². The van der Waals surface area contributed by atoms with E-state index in [1.807, 2.05) is 35.2 Å². The number of unbranched alkanes of at least 4 members (excludes halogenated alkanes) is 2. The summed E-state index contributed by atoms with van der Waals surface area (Å²) in [4.78, 5) is 48.2. The fourth-order valence-electron chi connectivity index (χ4n) is 7.00. The molecule has 2 bridgehead atoms. The van der Waals surface area contributed by atoms with Gasteiger partial charge in [0.1, 0.15) is 6.04 Å². The van der Waals surface area contributed by atoms with Crippen molar-refractivity contribution in [2.45, 2.75) is 68.5 Å². The predicted octanol–water partition coefficient (Wildman–Crippen LogP) is 4.13. The van der Waals surface area contributed by atoms with Crippen LogP contribution in [0.2, 0.25) is 0 Å². The van der Waals surface area contributed by atoms with E-state index in [1.165, 1.54) is 0 Å². The molecule has 1 spiro atoms. The number of likely N-dealkylation sites (tertiary alicyclic amines) is 1. The molecule has 8 heteroatoms. The molecule has 7 atom stereocenters. The highest BCUT2D eigenvalue weighted by atomic mass is 32.2. The first-order valence-electron chi connectivity index (χ1n) is 14.3. The lowest BCUT2D eigenvalue weighted by Crippen LogP contribution is -2.59. The Hall–Kier alpha value is -2.58. The fourth-order valence-corrected chi connectivity index (χ4v) is 9.39. The molecule has 3 aliphatic heterocycles. The van der Waals surface area contributed by atoms with Crippen LogP contribution in [-0.2, 0) is 14.4 Å². The number of rotatable bonds is 13. The zero-order valence-electron chi connectivity index (χ0n) is 23.5. The summed E-state index contributed by atoms with van der Waals surface area (Å²) >= 11 is 1.67. The summed E-state index contributed by atoms with van der Waals surface area (Å²) in [6.45, 7) is 14.9. The van der Waals surface area contributed by atoms with Crippen LogP contribution in [0.4, 0.5) is 5.69 Å². The second kappa shape index (κ2) is 12.3. The summed E-state index contributed by atoms with van der Waals surface area (Å²) < 4.78 is -0.719. The van der Waals surface area contributed by atoms with Gasteiger partial charge in [-0.05, 0) is 37.8 Å². The van der Waals surface area contributed by atoms with Gasteiger partial charge in [-0.3, -0.25) is 14.4 Å². The second-order valence-electron chi connectivity index (χ2n) is 11.2. The van der Waals surface area contributed by atoms with Crippen LogP contribution in [0.5, 0.6) is 0 Å². The van der Waals surface area contributed by atoms with Gasteiger partial charge in [0.2, 0.25) is 17.7 Å². The highest BCUT2D eigenvalue weighted by molar-refractivity contribution is 8.02. The van der Waals surface area contributed by atoms with Crippen molar-refractivity contribution < 1.29 is 19.5 Å². The Bertz CT molecular complexity index is 1080. The molecule has 3 unspecified atom stereocenters. The molecule has 7 nitrogen and oxygen atoms in total. The molecule has 3 saturated heterocycles. The van der Waals surface area contributed by atoms with Gasteiger partial charge in [0.25, 0.3) is 0 Å². The normalized spacial score (nSPS) is 29.7. The van der Waals surface area contributed by atoms with Crippen molar-refractivity contribution in [2.75, 3.05) is 31.1 Å². The minimum atomic E-state index is -0.730. The van der Waals surface area contributed by atoms with E-state index in [9.17, 15) is 19.5 Å². The summed E-state index contributed by atoms with van der Waals surface area (Å²) in [5, 5.41) is 10.1. The van der Waals surface area contributed by atoms with Gasteiger partial charge in [-0.25, -0.2) is 0 Å². The van der Waals surface area contributed by atoms with Crippen molar-refractivity contribution in [1.82, 2.24) is 9.80 Å². The van der Waals surface area contributed by atoms with Crippen LogP contribution in [0.15, 0.2) is 55.6 Å². The fraction of sp³-hybridized carbons (Fsp3) is 0.581. The quantitative estimate of drug-likeness (QED) is 0.294. The number of fused-ring (bicyclic) bond motifs is 1. The molecule has 0 saturated carbocycles. The van der Waals surface area contributed by atoms with Gasteiger partial charge < -0.3 is 19.8 Å². The number of thioether (sulfide) groups is 1. The number of nitrogens with zero attached hydrogens (tertiary/aromatic N) is 3. The third-order valence-electron chi connectivity index (χ3n) is 8.78. The van der Waals surface area contributed by atoms with E-state index in [4.69, 9.17) is 0 Å². The molecule has 1 aromatic carbocycles. The Morgan fingerprint density at radius 3 is 2.49 bits per heavy atom. The molecule has 3 heterocycles. The average Bonchev–Trinajstić information content (AvgIpc) is 3.54. The number of aliphatic hydroxyl groups excluding tert-OH is 1. The molecule has 1 aromatic rings. The number of aliphatic hydroxyl groups is 1. The number of amides is 3. The van der Waals surface area contributed by atoms with E-state index >= 15 is 0 Å². The van der Waals surface area contributed by atoms with E-state index in [2.05, 4.69) is 27.0 Å². The van der Waals surface area contributed by atoms with Gasteiger partial charge in [0.15, 0.2) is 0 Å². The Morgan fingerprint density at radius 1 is 1.18 bits per heavy atom. The lowest BCUT2D eigenvalue weighted by Gasteiger charge is -2.42. The maximum absolute atomic E-state index is 14.4. The number of anilines is 1. The number of hydrogen-bond donors (Lipinski definition) is 1. The van der Waals surface area contributed by atoms with Gasteiger partial charge in [-0.2, -0.15) is 0 Å². The number of para-hydroxylation sites is 1. The summed E-state index contributed by atoms with van der Waals surface area (Å²) in [6, 6.07) is 8.22. The van der Waals surface area contributed by atoms with Crippen LogP contribution < -0.4 is 4.90 Å². The molecule has 0 aromatic heterocycles. The van der Waals surface area contributed by atoms with Crippen LogP contribution in [0.1, 0.15) is 46.5 Å². The van der Waals surface area contributed by atoms with Gasteiger partial charge in [0, 0.05) is 30.6 Å². The number of hydrogen-bond acceptors (Lipinski definition) is 5. The van der Waals surface area contributed by atoms with Crippen molar-refractivity contribution >= 4 is 35.2 Å². The minimum absolute atomic E-state index is 0.0488. The smallest absolute Gasteiger partial charge is 0.247 e. The molecule has 0 radical (unpaired) electrons. The van der Waals surface area contributed by atoms with E-state index < -0.39 is 28.7 Å². The Balaban J connectivity index is 1.77. The van der Waals surface area contributed by atoms with Crippen molar-refractivity contribution in [3.8, 4) is 0 Å². The largest absolute Gasteiger partial charge is 0.394 e. The summed E-state index contributed by atoms with van der Waals surface area (Å²) in [5.41, 5.74) is 0.768. The van der Waals surface area contributed by atoms with Crippen LogP contribution in [0.3, 0.4) is 0 Å². The maximum atomic E-state index is 14.4. The standard InChI is InChI=1S/C31H43N3O4S/c1-6-9-13-18-32(16-7-2)30(38)27-31-21(4)19-24(39-31)25(26(31)29(37)34(27)22(5)20-35)28(36)33(17-8-3)23-14-11-10-12-15-23/h7-8,10-12,14-15,21-22,24-27,35H,2-3,6,9,13,16-20H2,1,4-5H3/t21?,22-,24+,25-,26+,27?,31?/m1/s1.